The summed E-state index contributed by atoms with van der Waals surface area (Å²) in [6.45, 7) is 0. The minimum Gasteiger partial charge on any atom is -0.192 e. The molecule has 0 unspecified atom stereocenters. The van der Waals surface area contributed by atoms with Crippen molar-refractivity contribution in [2.24, 2.45) is 0 Å². The molecule has 0 amide bonds. The molecule has 4 heteroatoms. The molecule has 5 aromatic carbocycles. The van der Waals surface area contributed by atoms with Crippen molar-refractivity contribution in [3.05, 3.63) is 108 Å². The maximum Gasteiger partial charge on any atom is 0.0998 e. The Hall–Kier alpha value is -4.48. The first-order valence-electron chi connectivity index (χ1n) is 12.4. The topological polar surface area (TPSA) is 47.6 Å². The first-order valence-corrected chi connectivity index (χ1v) is 13.0. The van der Waals surface area contributed by atoms with Crippen LogP contribution in [0, 0.1) is 22.7 Å². The highest BCUT2D eigenvalue weighted by Crippen LogP contribution is 2.44. The zero-order chi connectivity index (χ0) is 26.0. The number of benzene rings is 5. The standard InChI is InChI=1S/C32H16N2S2/c33-17-19-16-28(26-12-6-10-24-22-8-2-4-14-30(22)36-32(24)26)20(18-34)15-27(19)25-11-5-9-23-21-7-1-3-13-29(21)35-31(23)25/h1-16H/i15D,16D. The van der Waals surface area contributed by atoms with Gasteiger partial charge in [-0.2, -0.15) is 10.5 Å². The van der Waals surface area contributed by atoms with Crippen molar-refractivity contribution >= 4 is 63.0 Å². The lowest BCUT2D eigenvalue weighted by atomic mass is 9.90. The molecule has 36 heavy (non-hydrogen) atoms. The summed E-state index contributed by atoms with van der Waals surface area (Å²) >= 11 is 3.20. The van der Waals surface area contributed by atoms with Crippen LogP contribution in [0.2, 0.25) is 0 Å². The zero-order valence-electron chi connectivity index (χ0n) is 20.8. The van der Waals surface area contributed by atoms with E-state index in [2.05, 4.69) is 36.4 Å². The molecule has 166 valence electrons. The summed E-state index contributed by atoms with van der Waals surface area (Å²) in [5, 5.41) is 25.0. The molecule has 0 aliphatic heterocycles. The summed E-state index contributed by atoms with van der Waals surface area (Å²) in [6.07, 6.45) is 0. The van der Waals surface area contributed by atoms with E-state index in [9.17, 15) is 13.3 Å². The van der Waals surface area contributed by atoms with Crippen LogP contribution in [0.4, 0.5) is 0 Å². The first kappa shape index (κ1) is 18.8. The van der Waals surface area contributed by atoms with E-state index in [1.807, 2.05) is 60.7 Å². The molecule has 0 aliphatic carbocycles. The Morgan fingerprint density at radius 1 is 0.500 bits per heavy atom. The zero-order valence-corrected chi connectivity index (χ0v) is 20.4. The maximum absolute atomic E-state index is 10.3. The van der Waals surface area contributed by atoms with Crippen molar-refractivity contribution in [1.29, 1.82) is 10.5 Å². The third kappa shape index (κ3) is 3.00. The van der Waals surface area contributed by atoms with E-state index in [-0.39, 0.29) is 23.2 Å². The van der Waals surface area contributed by atoms with Gasteiger partial charge in [-0.1, -0.05) is 72.8 Å². The van der Waals surface area contributed by atoms with E-state index >= 15 is 0 Å². The van der Waals surface area contributed by atoms with Crippen molar-refractivity contribution in [1.82, 2.24) is 0 Å². The van der Waals surface area contributed by atoms with Crippen LogP contribution in [0.3, 0.4) is 0 Å². The maximum atomic E-state index is 10.3. The average Bonchev–Trinajstić information content (AvgIpc) is 3.52. The SMILES string of the molecule is [2H]c1c(C#N)c(-c2cccc3c2sc2ccccc23)c([2H])c(C#N)c1-c1cccc2c1sc1ccccc12. The van der Waals surface area contributed by atoms with Gasteiger partial charge in [-0.25, -0.2) is 0 Å². The Morgan fingerprint density at radius 2 is 0.917 bits per heavy atom. The van der Waals surface area contributed by atoms with E-state index < -0.39 is 0 Å². The van der Waals surface area contributed by atoms with Crippen LogP contribution in [0.5, 0.6) is 0 Å². The average molecular weight is 495 g/mol. The summed E-state index contributed by atoms with van der Waals surface area (Å²) in [6, 6.07) is 32.3. The number of nitriles is 2. The second kappa shape index (κ2) is 8.04. The lowest BCUT2D eigenvalue weighted by molar-refractivity contribution is 1.45. The fraction of sp³-hybridized carbons (Fsp3) is 0. The number of hydrogen-bond donors (Lipinski definition) is 0. The molecule has 7 rings (SSSR count). The molecule has 2 heterocycles. The summed E-state index contributed by atoms with van der Waals surface area (Å²) in [7, 11) is 0. The van der Waals surface area contributed by atoms with Crippen LogP contribution in [-0.2, 0) is 0 Å². The molecule has 0 saturated heterocycles. The molecule has 0 aliphatic rings. The molecule has 0 radical (unpaired) electrons. The Bertz CT molecular complexity index is 2030. The Balaban J connectivity index is 1.58. The molecule has 0 N–H and O–H groups in total. The molecule has 0 atom stereocenters. The van der Waals surface area contributed by atoms with Gasteiger partial charge in [-0.05, 0) is 24.2 Å². The largest absolute Gasteiger partial charge is 0.192 e. The molecule has 0 fully saturated rings. The number of rotatable bonds is 2. The van der Waals surface area contributed by atoms with E-state index in [4.69, 9.17) is 0 Å². The van der Waals surface area contributed by atoms with Crippen LogP contribution in [0.25, 0.3) is 62.6 Å². The second-order valence-corrected chi connectivity index (χ2v) is 10.6. The fourth-order valence-corrected chi connectivity index (χ4v) is 7.40. The van der Waals surface area contributed by atoms with Gasteiger partial charge in [0.1, 0.15) is 0 Å². The predicted octanol–water partition coefficient (Wildman–Crippen LogP) is 9.50. The van der Waals surface area contributed by atoms with Crippen LogP contribution >= 0.6 is 22.7 Å². The van der Waals surface area contributed by atoms with Gasteiger partial charge in [0.05, 0.1) is 26.0 Å². The lowest BCUT2D eigenvalue weighted by Gasteiger charge is -2.12. The Labute approximate surface area is 218 Å². The van der Waals surface area contributed by atoms with E-state index in [1.54, 1.807) is 22.7 Å². The minimum absolute atomic E-state index is 0.0156. The summed E-state index contributed by atoms with van der Waals surface area (Å²) in [5.41, 5.74) is 2.35. The Kier molecular flexibility index (Phi) is 4.20. The lowest BCUT2D eigenvalue weighted by Crippen LogP contribution is -1.92. The second-order valence-electron chi connectivity index (χ2n) is 8.53. The Morgan fingerprint density at radius 3 is 1.36 bits per heavy atom. The normalized spacial score (nSPS) is 12.1. The third-order valence-electron chi connectivity index (χ3n) is 6.57. The van der Waals surface area contributed by atoms with E-state index in [0.717, 1.165) is 40.3 Å². The quantitative estimate of drug-likeness (QED) is 0.240. The van der Waals surface area contributed by atoms with Crippen molar-refractivity contribution < 1.29 is 2.74 Å². The smallest absolute Gasteiger partial charge is 0.0998 e. The van der Waals surface area contributed by atoms with Crippen LogP contribution in [0.15, 0.2) is 97.0 Å². The minimum atomic E-state index is -0.0156. The van der Waals surface area contributed by atoms with E-state index in [0.29, 0.717) is 22.3 Å². The van der Waals surface area contributed by atoms with Crippen molar-refractivity contribution in [3.8, 4) is 34.4 Å². The first-order chi connectivity index (χ1) is 18.6. The predicted molar refractivity (Wildman–Crippen MR) is 153 cm³/mol. The van der Waals surface area contributed by atoms with Gasteiger partial charge in [0, 0.05) is 62.6 Å². The molecule has 7 aromatic rings. The van der Waals surface area contributed by atoms with Crippen LogP contribution in [-0.4, -0.2) is 0 Å². The molecule has 0 bridgehead atoms. The molecule has 0 saturated carbocycles. The van der Waals surface area contributed by atoms with Gasteiger partial charge >= 0.3 is 0 Å². The van der Waals surface area contributed by atoms with Gasteiger partial charge in [-0.15, -0.1) is 22.7 Å². The van der Waals surface area contributed by atoms with E-state index in [1.165, 1.54) is 0 Å². The molecule has 2 aromatic heterocycles. The van der Waals surface area contributed by atoms with Gasteiger partial charge in [0.25, 0.3) is 0 Å². The summed E-state index contributed by atoms with van der Waals surface area (Å²) < 4.78 is 22.5. The van der Waals surface area contributed by atoms with Crippen molar-refractivity contribution in [2.75, 3.05) is 0 Å². The van der Waals surface area contributed by atoms with Gasteiger partial charge in [0.2, 0.25) is 0 Å². The highest BCUT2D eigenvalue weighted by Gasteiger charge is 2.19. The van der Waals surface area contributed by atoms with Gasteiger partial charge in [0.15, 0.2) is 0 Å². The van der Waals surface area contributed by atoms with Crippen molar-refractivity contribution in [3.63, 3.8) is 0 Å². The molecule has 0 spiro atoms. The number of thiophene rings is 2. The van der Waals surface area contributed by atoms with Crippen LogP contribution in [0.1, 0.15) is 13.9 Å². The highest BCUT2D eigenvalue weighted by atomic mass is 32.1. The fourth-order valence-electron chi connectivity index (χ4n) is 4.96. The van der Waals surface area contributed by atoms with Gasteiger partial charge in [-0.3, -0.25) is 0 Å². The number of nitrogens with zero attached hydrogens (tertiary/aromatic N) is 2. The van der Waals surface area contributed by atoms with Crippen molar-refractivity contribution in [2.45, 2.75) is 0 Å². The van der Waals surface area contributed by atoms with Crippen LogP contribution < -0.4 is 0 Å². The molecular weight excluding hydrogens is 477 g/mol. The summed E-state index contributed by atoms with van der Waals surface area (Å²) in [5.74, 6) is 0. The van der Waals surface area contributed by atoms with Gasteiger partial charge < -0.3 is 0 Å². The summed E-state index contributed by atoms with van der Waals surface area (Å²) in [4.78, 5) is 0. The number of fused-ring (bicyclic) bond motifs is 6. The molecule has 2 nitrogen and oxygen atoms in total. The monoisotopic (exact) mass is 494 g/mol. The molecular formula is C32H16N2S2. The third-order valence-corrected chi connectivity index (χ3v) is 9.01. The highest BCUT2D eigenvalue weighted by molar-refractivity contribution is 7.26. The number of hydrogen-bond acceptors (Lipinski definition) is 4.